The highest BCUT2D eigenvalue weighted by Crippen LogP contribution is 2.28. The molecule has 10 nitrogen and oxygen atoms in total. The summed E-state index contributed by atoms with van der Waals surface area (Å²) in [6.45, 7) is 1.61. The van der Waals surface area contributed by atoms with Crippen molar-refractivity contribution in [2.75, 3.05) is 0 Å². The molecule has 0 aliphatic heterocycles. The number of aliphatic carboxylic acids is 2. The van der Waals surface area contributed by atoms with Gasteiger partial charge in [0.1, 0.15) is 11.6 Å². The number of nitrogens with zero attached hydrogens (tertiary/aromatic N) is 1. The van der Waals surface area contributed by atoms with Crippen molar-refractivity contribution in [3.05, 3.63) is 70.8 Å². The van der Waals surface area contributed by atoms with E-state index in [2.05, 4.69) is 0 Å². The number of ether oxygens (including phenoxy) is 1. The summed E-state index contributed by atoms with van der Waals surface area (Å²) in [4.78, 5) is 50.6. The number of amides is 1. The van der Waals surface area contributed by atoms with E-state index in [-0.39, 0.29) is 11.9 Å². The third-order valence-electron chi connectivity index (χ3n) is 6.66. The summed E-state index contributed by atoms with van der Waals surface area (Å²) < 4.78 is 5.36. The van der Waals surface area contributed by atoms with Gasteiger partial charge >= 0.3 is 17.9 Å². The average molecular weight is 536 g/mol. The van der Waals surface area contributed by atoms with Crippen molar-refractivity contribution >= 4 is 35.7 Å². The molecule has 0 heterocycles. The molecule has 2 aromatic rings. The van der Waals surface area contributed by atoms with Gasteiger partial charge in [0.2, 0.25) is 5.91 Å². The Hall–Kier alpha value is -4.47. The maximum absolute atomic E-state index is 13.6. The second-order valence-corrected chi connectivity index (χ2v) is 9.63. The van der Waals surface area contributed by atoms with Crippen LogP contribution >= 0.6 is 0 Å². The monoisotopic (exact) mass is 535 g/mol. The number of rotatable bonds is 11. The highest BCUT2D eigenvalue weighted by atomic mass is 16.5. The quantitative estimate of drug-likeness (QED) is 0.110. The predicted molar refractivity (Wildman–Crippen MR) is 145 cm³/mol. The van der Waals surface area contributed by atoms with Gasteiger partial charge in [-0.25, -0.2) is 4.79 Å². The third-order valence-corrected chi connectivity index (χ3v) is 6.66. The second-order valence-electron chi connectivity index (χ2n) is 9.63. The zero-order valence-corrected chi connectivity index (χ0v) is 21.8. The standard InChI is InChI=1S/C29H33N3O7/c1-18(28(37)32(22-5-3-2-4-6-22)23(16-25(33)34)17-26(35)36)15-19-7-9-21(10-8-19)29(38)39-24-13-11-20(12-14-24)27(30)31/h7-15,22-23H,2-6,16-17H2,1H3,(H3,30,31)(H,33,34)(H,35,36)/b18-15+. The molecule has 0 spiro atoms. The Kier molecular flexibility index (Phi) is 9.97. The van der Waals surface area contributed by atoms with Crippen molar-refractivity contribution in [1.29, 1.82) is 5.41 Å². The van der Waals surface area contributed by atoms with Crippen molar-refractivity contribution in [3.8, 4) is 5.75 Å². The topological polar surface area (TPSA) is 171 Å². The van der Waals surface area contributed by atoms with E-state index in [0.29, 0.717) is 40.9 Å². The van der Waals surface area contributed by atoms with Crippen LogP contribution in [-0.2, 0) is 14.4 Å². The van der Waals surface area contributed by atoms with Gasteiger partial charge < -0.3 is 25.6 Å². The number of benzene rings is 2. The summed E-state index contributed by atoms with van der Waals surface area (Å²) in [7, 11) is 0. The molecular formula is C29H33N3O7. The number of carbonyl (C=O) groups is 4. The average Bonchev–Trinajstić information content (AvgIpc) is 2.89. The molecule has 206 valence electrons. The van der Waals surface area contributed by atoms with Gasteiger partial charge in [-0.3, -0.25) is 19.8 Å². The first-order valence-electron chi connectivity index (χ1n) is 12.8. The summed E-state index contributed by atoms with van der Waals surface area (Å²) in [5.41, 5.74) is 7.20. The lowest BCUT2D eigenvalue weighted by Crippen LogP contribution is -2.50. The minimum absolute atomic E-state index is 0.0913. The molecule has 10 heteroatoms. The van der Waals surface area contributed by atoms with Crippen LogP contribution in [-0.4, -0.2) is 56.8 Å². The molecule has 3 rings (SSSR count). The van der Waals surface area contributed by atoms with Crippen molar-refractivity contribution in [3.63, 3.8) is 0 Å². The van der Waals surface area contributed by atoms with E-state index in [4.69, 9.17) is 15.9 Å². The molecule has 2 aromatic carbocycles. The zero-order valence-electron chi connectivity index (χ0n) is 21.8. The summed E-state index contributed by atoms with van der Waals surface area (Å²) in [6.07, 6.45) is 4.93. The fourth-order valence-corrected chi connectivity index (χ4v) is 4.76. The number of amidine groups is 1. The van der Waals surface area contributed by atoms with Gasteiger partial charge in [-0.1, -0.05) is 31.4 Å². The Bertz CT molecular complexity index is 1230. The lowest BCUT2D eigenvalue weighted by molar-refractivity contribution is -0.144. The summed E-state index contributed by atoms with van der Waals surface area (Å²) >= 11 is 0. The van der Waals surface area contributed by atoms with E-state index in [1.165, 1.54) is 4.90 Å². The molecule has 1 amide bonds. The maximum Gasteiger partial charge on any atom is 0.343 e. The van der Waals surface area contributed by atoms with Crippen molar-refractivity contribution in [2.24, 2.45) is 5.73 Å². The van der Waals surface area contributed by atoms with Crippen molar-refractivity contribution < 1.29 is 34.1 Å². The number of nitrogens with two attached hydrogens (primary N) is 1. The number of hydrogen-bond donors (Lipinski definition) is 4. The number of hydrogen-bond acceptors (Lipinski definition) is 6. The molecular weight excluding hydrogens is 502 g/mol. The number of carboxylic acid groups (broad SMARTS) is 2. The molecule has 0 radical (unpaired) electrons. The molecule has 1 saturated carbocycles. The Morgan fingerprint density at radius 1 is 0.949 bits per heavy atom. The first-order chi connectivity index (χ1) is 18.5. The Morgan fingerprint density at radius 2 is 1.49 bits per heavy atom. The van der Waals surface area contributed by atoms with Gasteiger partial charge in [-0.05, 0) is 67.8 Å². The van der Waals surface area contributed by atoms with Crippen LogP contribution < -0.4 is 10.5 Å². The van der Waals surface area contributed by atoms with Crippen LogP contribution in [0.2, 0.25) is 0 Å². The zero-order chi connectivity index (χ0) is 28.5. The summed E-state index contributed by atoms with van der Waals surface area (Å²) in [6, 6.07) is 11.5. The van der Waals surface area contributed by atoms with E-state index >= 15 is 0 Å². The van der Waals surface area contributed by atoms with Crippen molar-refractivity contribution in [1.82, 2.24) is 4.90 Å². The molecule has 0 bridgehead atoms. The minimum Gasteiger partial charge on any atom is -0.481 e. The molecule has 0 aromatic heterocycles. The van der Waals surface area contributed by atoms with Gasteiger partial charge in [-0.2, -0.15) is 0 Å². The predicted octanol–water partition coefficient (Wildman–Crippen LogP) is 4.07. The lowest BCUT2D eigenvalue weighted by atomic mass is 9.91. The Morgan fingerprint density at radius 3 is 2.00 bits per heavy atom. The fraction of sp³-hybridized carbons (Fsp3) is 0.345. The van der Waals surface area contributed by atoms with Gasteiger partial charge in [0.05, 0.1) is 24.4 Å². The van der Waals surface area contributed by atoms with Gasteiger partial charge in [0.25, 0.3) is 0 Å². The maximum atomic E-state index is 13.6. The highest BCUT2D eigenvalue weighted by Gasteiger charge is 2.34. The second kappa shape index (κ2) is 13.4. The molecule has 0 unspecified atom stereocenters. The van der Waals surface area contributed by atoms with Gasteiger partial charge in [0, 0.05) is 17.2 Å². The van der Waals surface area contributed by atoms with Crippen molar-refractivity contribution in [2.45, 2.75) is 64.0 Å². The van der Waals surface area contributed by atoms with E-state index < -0.39 is 42.7 Å². The van der Waals surface area contributed by atoms with Crippen LogP contribution in [0.1, 0.15) is 73.4 Å². The Labute approximate surface area is 226 Å². The molecule has 0 saturated heterocycles. The third kappa shape index (κ3) is 8.26. The Balaban J connectivity index is 1.77. The largest absolute Gasteiger partial charge is 0.481 e. The first-order valence-corrected chi connectivity index (χ1v) is 12.8. The van der Waals surface area contributed by atoms with Crippen LogP contribution in [0.25, 0.3) is 6.08 Å². The molecule has 1 aliphatic carbocycles. The number of esters is 1. The fourth-order valence-electron chi connectivity index (χ4n) is 4.76. The molecule has 39 heavy (non-hydrogen) atoms. The smallest absolute Gasteiger partial charge is 0.343 e. The van der Waals surface area contributed by atoms with E-state index in [1.54, 1.807) is 61.5 Å². The number of nitrogen functional groups attached to an aromatic ring is 1. The SMILES string of the molecule is C/C(=C\c1ccc(C(=O)Oc2ccc(C(=N)N)cc2)cc1)C(=O)N(C1CCCCC1)C(CC(=O)O)CC(=O)O. The molecule has 0 atom stereocenters. The van der Waals surface area contributed by atoms with Crippen LogP contribution in [0.4, 0.5) is 0 Å². The summed E-state index contributed by atoms with van der Waals surface area (Å²) in [5, 5.41) is 26.2. The van der Waals surface area contributed by atoms with E-state index in [0.717, 1.165) is 19.3 Å². The van der Waals surface area contributed by atoms with E-state index in [1.807, 2.05) is 0 Å². The minimum atomic E-state index is -1.16. The van der Waals surface area contributed by atoms with E-state index in [9.17, 15) is 29.4 Å². The lowest BCUT2D eigenvalue weighted by Gasteiger charge is -2.39. The molecule has 5 N–H and O–H groups in total. The van der Waals surface area contributed by atoms with Crippen LogP contribution in [0.3, 0.4) is 0 Å². The summed E-state index contributed by atoms with van der Waals surface area (Å²) in [5.74, 6) is -3.08. The highest BCUT2D eigenvalue weighted by molar-refractivity contribution is 5.98. The normalized spacial score (nSPS) is 14.1. The van der Waals surface area contributed by atoms with Gasteiger partial charge in [0.15, 0.2) is 0 Å². The number of carboxylic acids is 2. The van der Waals surface area contributed by atoms with Crippen LogP contribution in [0.5, 0.6) is 5.75 Å². The van der Waals surface area contributed by atoms with Crippen LogP contribution in [0.15, 0.2) is 54.1 Å². The molecule has 1 fully saturated rings. The number of carbonyl (C=O) groups excluding carboxylic acids is 2. The first kappa shape index (κ1) is 29.1. The molecule has 1 aliphatic rings. The van der Waals surface area contributed by atoms with Gasteiger partial charge in [-0.15, -0.1) is 0 Å². The number of nitrogens with one attached hydrogen (secondary N) is 1. The van der Waals surface area contributed by atoms with Crippen LogP contribution in [0, 0.1) is 5.41 Å².